The summed E-state index contributed by atoms with van der Waals surface area (Å²) in [6.07, 6.45) is 3.80. The van der Waals surface area contributed by atoms with Gasteiger partial charge in [0.2, 0.25) is 0 Å². The summed E-state index contributed by atoms with van der Waals surface area (Å²) in [5.74, 6) is 0. The van der Waals surface area contributed by atoms with E-state index in [1.807, 2.05) is 13.8 Å². The van der Waals surface area contributed by atoms with Crippen molar-refractivity contribution >= 4 is 0 Å². The summed E-state index contributed by atoms with van der Waals surface area (Å²) < 4.78 is 5.11. The Morgan fingerprint density at radius 2 is 2.21 bits per heavy atom. The van der Waals surface area contributed by atoms with Crippen LogP contribution in [0.15, 0.2) is 12.4 Å². The molecule has 1 aromatic heterocycles. The van der Waals surface area contributed by atoms with E-state index in [4.69, 9.17) is 4.74 Å². The van der Waals surface area contributed by atoms with E-state index in [0.29, 0.717) is 0 Å². The molecule has 0 aliphatic carbocycles. The Hall–Kier alpha value is -1.00. The van der Waals surface area contributed by atoms with Gasteiger partial charge in [0.25, 0.3) is 0 Å². The van der Waals surface area contributed by atoms with Crippen LogP contribution in [0.2, 0.25) is 0 Å². The number of nitrogens with zero attached hydrogens (tertiary/aromatic N) is 2. The van der Waals surface area contributed by atoms with Crippen LogP contribution in [0.25, 0.3) is 0 Å². The minimum Gasteiger partial charge on any atom is -0.380 e. The van der Waals surface area contributed by atoms with E-state index in [1.54, 1.807) is 19.5 Å². The number of aromatic nitrogens is 2. The minimum atomic E-state index is 0.230. The van der Waals surface area contributed by atoms with Gasteiger partial charge in [-0.25, -0.2) is 0 Å². The Labute approximate surface area is 84.7 Å². The van der Waals surface area contributed by atoms with Gasteiger partial charge < -0.3 is 10.1 Å². The number of nitrogens with one attached hydrogen (secondary N) is 1. The second-order valence-electron chi connectivity index (χ2n) is 3.33. The third kappa shape index (κ3) is 3.81. The SMILES string of the molecule is COC(C)CNCc1cnc(C)cn1. The van der Waals surface area contributed by atoms with Crippen molar-refractivity contribution in [2.75, 3.05) is 13.7 Å². The summed E-state index contributed by atoms with van der Waals surface area (Å²) in [5, 5.41) is 3.24. The van der Waals surface area contributed by atoms with Gasteiger partial charge in [-0.05, 0) is 13.8 Å². The van der Waals surface area contributed by atoms with E-state index >= 15 is 0 Å². The van der Waals surface area contributed by atoms with Gasteiger partial charge in [0.1, 0.15) is 0 Å². The van der Waals surface area contributed by atoms with Crippen LogP contribution in [0.1, 0.15) is 18.3 Å². The van der Waals surface area contributed by atoms with Crippen molar-refractivity contribution in [3.8, 4) is 0 Å². The van der Waals surface area contributed by atoms with E-state index in [-0.39, 0.29) is 6.10 Å². The Balaban J connectivity index is 2.28. The Morgan fingerprint density at radius 3 is 2.79 bits per heavy atom. The molecule has 1 N–H and O–H groups in total. The minimum absolute atomic E-state index is 0.230. The predicted octanol–water partition coefficient (Wildman–Crippen LogP) is 0.910. The Kier molecular flexibility index (Phi) is 4.49. The number of aryl methyl sites for hydroxylation is 1. The van der Waals surface area contributed by atoms with Gasteiger partial charge in [-0.15, -0.1) is 0 Å². The first kappa shape index (κ1) is 11.1. The zero-order valence-corrected chi connectivity index (χ0v) is 8.95. The Morgan fingerprint density at radius 1 is 1.43 bits per heavy atom. The maximum absolute atomic E-state index is 5.11. The molecule has 0 saturated carbocycles. The summed E-state index contributed by atoms with van der Waals surface area (Å²) in [6.45, 7) is 5.51. The van der Waals surface area contributed by atoms with Gasteiger partial charge in [0.15, 0.2) is 0 Å². The second-order valence-corrected chi connectivity index (χ2v) is 3.33. The summed E-state index contributed by atoms with van der Waals surface area (Å²) in [7, 11) is 1.71. The van der Waals surface area contributed by atoms with Crippen LogP contribution < -0.4 is 5.32 Å². The van der Waals surface area contributed by atoms with Gasteiger partial charge in [0.05, 0.1) is 17.5 Å². The van der Waals surface area contributed by atoms with E-state index in [0.717, 1.165) is 24.5 Å². The lowest BCUT2D eigenvalue weighted by atomic mass is 10.3. The molecule has 1 aromatic rings. The maximum Gasteiger partial charge on any atom is 0.0724 e. The molecule has 1 atom stereocenters. The zero-order chi connectivity index (χ0) is 10.4. The van der Waals surface area contributed by atoms with Crippen molar-refractivity contribution in [1.29, 1.82) is 0 Å². The fraction of sp³-hybridized carbons (Fsp3) is 0.600. The monoisotopic (exact) mass is 195 g/mol. The lowest BCUT2D eigenvalue weighted by Gasteiger charge is -2.09. The number of rotatable bonds is 5. The molecule has 0 aromatic carbocycles. The van der Waals surface area contributed by atoms with Crippen molar-refractivity contribution in [2.24, 2.45) is 0 Å². The molecule has 0 amide bonds. The molecular formula is C10H17N3O. The van der Waals surface area contributed by atoms with Crippen LogP contribution in [0, 0.1) is 6.92 Å². The highest BCUT2D eigenvalue weighted by molar-refractivity contribution is 5.00. The highest BCUT2D eigenvalue weighted by atomic mass is 16.5. The molecule has 4 nitrogen and oxygen atoms in total. The van der Waals surface area contributed by atoms with E-state index in [1.165, 1.54) is 0 Å². The lowest BCUT2D eigenvalue weighted by Crippen LogP contribution is -2.25. The van der Waals surface area contributed by atoms with E-state index in [9.17, 15) is 0 Å². The summed E-state index contributed by atoms with van der Waals surface area (Å²) >= 11 is 0. The smallest absolute Gasteiger partial charge is 0.0724 e. The number of hydrogen-bond acceptors (Lipinski definition) is 4. The molecule has 4 heteroatoms. The second kappa shape index (κ2) is 5.67. The van der Waals surface area contributed by atoms with Gasteiger partial charge in [-0.2, -0.15) is 0 Å². The van der Waals surface area contributed by atoms with Crippen molar-refractivity contribution in [2.45, 2.75) is 26.5 Å². The molecule has 1 rings (SSSR count). The first-order valence-corrected chi connectivity index (χ1v) is 4.73. The van der Waals surface area contributed by atoms with Crippen LogP contribution in [0.3, 0.4) is 0 Å². The summed E-state index contributed by atoms with van der Waals surface area (Å²) in [5.41, 5.74) is 1.90. The average molecular weight is 195 g/mol. The summed E-state index contributed by atoms with van der Waals surface area (Å²) in [6, 6.07) is 0. The van der Waals surface area contributed by atoms with Crippen LogP contribution >= 0.6 is 0 Å². The molecule has 0 bridgehead atoms. The van der Waals surface area contributed by atoms with Crippen LogP contribution in [0.4, 0.5) is 0 Å². The molecule has 0 saturated heterocycles. The molecule has 0 fully saturated rings. The number of ether oxygens (including phenoxy) is 1. The summed E-state index contributed by atoms with van der Waals surface area (Å²) in [4.78, 5) is 8.40. The highest BCUT2D eigenvalue weighted by Crippen LogP contribution is 1.93. The molecule has 78 valence electrons. The van der Waals surface area contributed by atoms with Crippen LogP contribution in [-0.2, 0) is 11.3 Å². The Bertz CT molecular complexity index is 261. The molecule has 14 heavy (non-hydrogen) atoms. The topological polar surface area (TPSA) is 47.0 Å². The average Bonchev–Trinajstić information content (AvgIpc) is 2.21. The van der Waals surface area contributed by atoms with Gasteiger partial charge >= 0.3 is 0 Å². The van der Waals surface area contributed by atoms with Crippen LogP contribution in [-0.4, -0.2) is 29.7 Å². The largest absolute Gasteiger partial charge is 0.380 e. The molecule has 0 aliphatic heterocycles. The van der Waals surface area contributed by atoms with Crippen molar-refractivity contribution in [1.82, 2.24) is 15.3 Å². The lowest BCUT2D eigenvalue weighted by molar-refractivity contribution is 0.117. The third-order valence-corrected chi connectivity index (χ3v) is 1.97. The van der Waals surface area contributed by atoms with E-state index in [2.05, 4.69) is 15.3 Å². The van der Waals surface area contributed by atoms with Crippen LogP contribution in [0.5, 0.6) is 0 Å². The standard InChI is InChI=1S/C10H17N3O/c1-8-4-13-10(7-12-8)6-11-5-9(2)14-3/h4,7,9,11H,5-6H2,1-3H3. The zero-order valence-electron chi connectivity index (χ0n) is 8.95. The van der Waals surface area contributed by atoms with Gasteiger partial charge in [-0.3, -0.25) is 9.97 Å². The normalized spacial score (nSPS) is 12.8. The quantitative estimate of drug-likeness (QED) is 0.758. The molecule has 0 aliphatic rings. The number of methoxy groups -OCH3 is 1. The number of hydrogen-bond donors (Lipinski definition) is 1. The highest BCUT2D eigenvalue weighted by Gasteiger charge is 1.99. The molecule has 0 spiro atoms. The first-order valence-electron chi connectivity index (χ1n) is 4.73. The third-order valence-electron chi connectivity index (χ3n) is 1.97. The fourth-order valence-electron chi connectivity index (χ4n) is 0.997. The van der Waals surface area contributed by atoms with Crippen molar-refractivity contribution in [3.05, 3.63) is 23.8 Å². The maximum atomic E-state index is 5.11. The molecule has 1 unspecified atom stereocenters. The fourth-order valence-corrected chi connectivity index (χ4v) is 0.997. The molecular weight excluding hydrogens is 178 g/mol. The molecule has 1 heterocycles. The van der Waals surface area contributed by atoms with Gasteiger partial charge in [0, 0.05) is 32.6 Å². The van der Waals surface area contributed by atoms with Crippen molar-refractivity contribution < 1.29 is 4.74 Å². The first-order chi connectivity index (χ1) is 6.72. The predicted molar refractivity (Wildman–Crippen MR) is 54.9 cm³/mol. The van der Waals surface area contributed by atoms with Crippen molar-refractivity contribution in [3.63, 3.8) is 0 Å². The van der Waals surface area contributed by atoms with Gasteiger partial charge in [-0.1, -0.05) is 0 Å². The molecule has 0 radical (unpaired) electrons. The van der Waals surface area contributed by atoms with E-state index < -0.39 is 0 Å².